The van der Waals surface area contributed by atoms with Gasteiger partial charge in [-0.1, -0.05) is 31.2 Å². The van der Waals surface area contributed by atoms with Gasteiger partial charge in [0.2, 0.25) is 0 Å². The van der Waals surface area contributed by atoms with Crippen molar-refractivity contribution in [2.75, 3.05) is 6.61 Å². The zero-order chi connectivity index (χ0) is 16.3. The van der Waals surface area contributed by atoms with Gasteiger partial charge in [0.25, 0.3) is 0 Å². The van der Waals surface area contributed by atoms with Gasteiger partial charge in [-0.3, -0.25) is 14.9 Å². The molecule has 0 unspecified atom stereocenters. The van der Waals surface area contributed by atoms with Crippen molar-refractivity contribution in [3.05, 3.63) is 35.4 Å². The molecule has 4 nitrogen and oxygen atoms in total. The smallest absolute Gasteiger partial charge is 0.326 e. The first-order valence-electron chi connectivity index (χ1n) is 7.96. The van der Waals surface area contributed by atoms with Gasteiger partial charge in [0, 0.05) is 18.4 Å². The molecule has 1 aromatic carbocycles. The van der Waals surface area contributed by atoms with Gasteiger partial charge in [-0.05, 0) is 38.3 Å². The van der Waals surface area contributed by atoms with E-state index in [1.807, 2.05) is 45.0 Å². The summed E-state index contributed by atoms with van der Waals surface area (Å²) >= 11 is 0. The molecule has 0 aliphatic carbocycles. The largest absolute Gasteiger partial charge is 0.465 e. The molecule has 1 N–H and O–H groups in total. The fourth-order valence-corrected chi connectivity index (χ4v) is 3.29. The summed E-state index contributed by atoms with van der Waals surface area (Å²) in [6.45, 7) is 7.88. The highest BCUT2D eigenvalue weighted by molar-refractivity contribution is 5.87. The Labute approximate surface area is 132 Å². The van der Waals surface area contributed by atoms with Crippen molar-refractivity contribution in [1.82, 2.24) is 5.32 Å². The number of carbonyl (C=O) groups excluding carboxylic acids is 2. The van der Waals surface area contributed by atoms with Crippen LogP contribution < -0.4 is 5.32 Å². The normalized spacial score (nSPS) is 27.6. The maximum atomic E-state index is 12.4. The minimum Gasteiger partial charge on any atom is -0.465 e. The lowest BCUT2D eigenvalue weighted by Gasteiger charge is -2.24. The van der Waals surface area contributed by atoms with Gasteiger partial charge in [0.15, 0.2) is 0 Å². The number of esters is 1. The number of aryl methyl sites for hydroxylation is 1. The van der Waals surface area contributed by atoms with E-state index < -0.39 is 5.54 Å². The fourth-order valence-electron chi connectivity index (χ4n) is 3.29. The highest BCUT2D eigenvalue weighted by atomic mass is 16.5. The van der Waals surface area contributed by atoms with Gasteiger partial charge in [-0.15, -0.1) is 0 Å². The zero-order valence-corrected chi connectivity index (χ0v) is 13.8. The Morgan fingerprint density at radius 3 is 2.59 bits per heavy atom. The van der Waals surface area contributed by atoms with E-state index >= 15 is 0 Å². The lowest BCUT2D eigenvalue weighted by atomic mass is 9.85. The lowest BCUT2D eigenvalue weighted by molar-refractivity contribution is -0.150. The SMILES string of the molecule is CCOC(=O)[C@@]1(C)C[C@@H](C(=O)CC)[C@@H](c2ccccc2C)N1. The van der Waals surface area contributed by atoms with Crippen molar-refractivity contribution in [2.24, 2.45) is 5.92 Å². The molecule has 0 spiro atoms. The number of carbonyl (C=O) groups is 2. The van der Waals surface area contributed by atoms with E-state index in [-0.39, 0.29) is 23.7 Å². The van der Waals surface area contributed by atoms with E-state index in [1.54, 1.807) is 6.92 Å². The van der Waals surface area contributed by atoms with Gasteiger partial charge in [0.05, 0.1) is 6.61 Å². The molecular weight excluding hydrogens is 278 g/mol. The minimum absolute atomic E-state index is 0.136. The first kappa shape index (κ1) is 16.7. The first-order chi connectivity index (χ1) is 10.4. The van der Waals surface area contributed by atoms with Crippen molar-refractivity contribution in [3.8, 4) is 0 Å². The second kappa shape index (κ2) is 6.61. The summed E-state index contributed by atoms with van der Waals surface area (Å²) in [4.78, 5) is 24.7. The molecule has 1 aromatic rings. The molecule has 0 amide bonds. The number of Topliss-reactive ketones (excluding diaryl/α,β-unsaturated/α-hetero) is 1. The predicted octanol–water partition coefficient (Wildman–Crippen LogP) is 2.95. The van der Waals surface area contributed by atoms with Crippen LogP contribution in [0.1, 0.15) is 50.8 Å². The van der Waals surface area contributed by atoms with Crippen LogP contribution in [0.25, 0.3) is 0 Å². The Morgan fingerprint density at radius 2 is 2.00 bits per heavy atom. The van der Waals surface area contributed by atoms with Gasteiger partial charge in [-0.25, -0.2) is 0 Å². The molecule has 22 heavy (non-hydrogen) atoms. The van der Waals surface area contributed by atoms with Crippen LogP contribution >= 0.6 is 0 Å². The van der Waals surface area contributed by atoms with Gasteiger partial charge < -0.3 is 4.74 Å². The maximum Gasteiger partial charge on any atom is 0.326 e. The summed E-state index contributed by atoms with van der Waals surface area (Å²) < 4.78 is 5.19. The van der Waals surface area contributed by atoms with Crippen LogP contribution in [0.3, 0.4) is 0 Å². The highest BCUT2D eigenvalue weighted by Crippen LogP contribution is 2.40. The Kier molecular flexibility index (Phi) is 5.01. The number of benzene rings is 1. The lowest BCUT2D eigenvalue weighted by Crippen LogP contribution is -2.46. The minimum atomic E-state index is -0.807. The third-order valence-corrected chi connectivity index (χ3v) is 4.52. The quantitative estimate of drug-likeness (QED) is 0.850. The van der Waals surface area contributed by atoms with Crippen molar-refractivity contribution in [2.45, 2.75) is 52.1 Å². The predicted molar refractivity (Wildman–Crippen MR) is 85.5 cm³/mol. The van der Waals surface area contributed by atoms with E-state index in [1.165, 1.54) is 0 Å². The average molecular weight is 303 g/mol. The van der Waals surface area contributed by atoms with E-state index in [2.05, 4.69) is 5.32 Å². The average Bonchev–Trinajstić information content (AvgIpc) is 2.86. The number of rotatable bonds is 5. The van der Waals surface area contributed by atoms with Crippen LogP contribution in [-0.4, -0.2) is 23.9 Å². The van der Waals surface area contributed by atoms with Crippen molar-refractivity contribution >= 4 is 11.8 Å². The number of nitrogens with one attached hydrogen (secondary N) is 1. The third kappa shape index (κ3) is 3.07. The van der Waals surface area contributed by atoms with E-state index in [0.29, 0.717) is 19.4 Å². The van der Waals surface area contributed by atoms with Crippen molar-refractivity contribution in [3.63, 3.8) is 0 Å². The van der Waals surface area contributed by atoms with Crippen LogP contribution in [-0.2, 0) is 14.3 Å². The van der Waals surface area contributed by atoms with E-state index in [4.69, 9.17) is 4.74 Å². The number of hydrogen-bond donors (Lipinski definition) is 1. The molecule has 1 fully saturated rings. The third-order valence-electron chi connectivity index (χ3n) is 4.52. The number of ether oxygens (including phenoxy) is 1. The highest BCUT2D eigenvalue weighted by Gasteiger charge is 2.50. The summed E-state index contributed by atoms with van der Waals surface area (Å²) in [7, 11) is 0. The van der Waals surface area contributed by atoms with Crippen molar-refractivity contribution in [1.29, 1.82) is 0 Å². The molecule has 0 saturated carbocycles. The second-order valence-electron chi connectivity index (χ2n) is 6.16. The van der Waals surface area contributed by atoms with Crippen LogP contribution in [0.15, 0.2) is 24.3 Å². The molecule has 120 valence electrons. The summed E-state index contributed by atoms with van der Waals surface area (Å²) in [5.74, 6) is -0.283. The summed E-state index contributed by atoms with van der Waals surface area (Å²) in [6.07, 6.45) is 0.963. The van der Waals surface area contributed by atoms with Crippen molar-refractivity contribution < 1.29 is 14.3 Å². The van der Waals surface area contributed by atoms with Gasteiger partial charge in [-0.2, -0.15) is 0 Å². The standard InChI is InChI=1S/C18H25NO3/c1-5-15(20)14-11-18(4,17(21)22-6-2)19-16(14)13-10-8-7-9-12(13)3/h7-10,14,16,19H,5-6,11H2,1-4H3/t14-,16+,18+/m0/s1. The van der Waals surface area contributed by atoms with E-state index in [0.717, 1.165) is 11.1 Å². The molecule has 1 aliphatic rings. The number of ketones is 1. The molecule has 1 heterocycles. The molecule has 0 aromatic heterocycles. The maximum absolute atomic E-state index is 12.4. The summed E-state index contributed by atoms with van der Waals surface area (Å²) in [6, 6.07) is 7.87. The molecule has 0 bridgehead atoms. The fraction of sp³-hybridized carbons (Fsp3) is 0.556. The number of hydrogen-bond acceptors (Lipinski definition) is 4. The van der Waals surface area contributed by atoms with Crippen LogP contribution in [0.4, 0.5) is 0 Å². The second-order valence-corrected chi connectivity index (χ2v) is 6.16. The Bertz CT molecular complexity index is 569. The van der Waals surface area contributed by atoms with Gasteiger partial charge >= 0.3 is 5.97 Å². The summed E-state index contributed by atoms with van der Waals surface area (Å²) in [5, 5.41) is 3.38. The Hall–Kier alpha value is -1.68. The van der Waals surface area contributed by atoms with Gasteiger partial charge in [0.1, 0.15) is 11.3 Å². The van der Waals surface area contributed by atoms with E-state index in [9.17, 15) is 9.59 Å². The Morgan fingerprint density at radius 1 is 1.32 bits per heavy atom. The Balaban J connectivity index is 2.36. The van der Waals surface area contributed by atoms with Crippen LogP contribution in [0.5, 0.6) is 0 Å². The molecule has 1 aliphatic heterocycles. The molecule has 2 rings (SSSR count). The van der Waals surface area contributed by atoms with Crippen LogP contribution in [0, 0.1) is 12.8 Å². The molecule has 0 radical (unpaired) electrons. The summed E-state index contributed by atoms with van der Waals surface area (Å²) in [5.41, 5.74) is 1.41. The first-order valence-corrected chi connectivity index (χ1v) is 7.96. The topological polar surface area (TPSA) is 55.4 Å². The molecule has 4 heteroatoms. The zero-order valence-electron chi connectivity index (χ0n) is 13.8. The monoisotopic (exact) mass is 303 g/mol. The van der Waals surface area contributed by atoms with Crippen LogP contribution in [0.2, 0.25) is 0 Å². The molecular formula is C18H25NO3. The molecule has 3 atom stereocenters. The molecule has 1 saturated heterocycles.